The van der Waals surface area contributed by atoms with Crippen LogP contribution in [0.3, 0.4) is 0 Å². The highest BCUT2D eigenvalue weighted by Gasteiger charge is 2.37. The second-order valence-electron chi connectivity index (χ2n) is 12.6. The Balaban J connectivity index is -0.000000986. The summed E-state index contributed by atoms with van der Waals surface area (Å²) in [5.74, 6) is 65.6. The van der Waals surface area contributed by atoms with Gasteiger partial charge in [0.25, 0.3) is 0 Å². The molecular formula is C54H52O11Si4. The summed E-state index contributed by atoms with van der Waals surface area (Å²) in [5.41, 5.74) is 3.33. The van der Waals surface area contributed by atoms with E-state index in [1.807, 2.05) is 97.5 Å². The summed E-state index contributed by atoms with van der Waals surface area (Å²) in [7, 11) is -13.9. The largest absolute Gasteiger partial charge is 0.498 e. The number of benzene rings is 3. The second-order valence-corrected chi connectivity index (χ2v) is 21.7. The van der Waals surface area contributed by atoms with Crippen molar-refractivity contribution in [2.45, 2.75) is 67.3 Å². The third-order valence-electron chi connectivity index (χ3n) is 6.11. The lowest BCUT2D eigenvalue weighted by Crippen LogP contribution is -2.49. The molecule has 7 N–H and O–H groups in total. The fraction of sp³-hybridized carbons (Fsp3) is 0.185. The maximum absolute atomic E-state index is 8.54. The van der Waals surface area contributed by atoms with Gasteiger partial charge in [-0.15, -0.1) is 0 Å². The smallest absolute Gasteiger partial charge is 0.390 e. The quantitative estimate of drug-likeness (QED) is 0.110. The molecule has 3 rings (SSSR count). The molecule has 0 unspecified atom stereocenters. The first-order valence-electron chi connectivity index (χ1n) is 19.5. The standard InChI is InChI=1S/C28H6.C22H24O3Si.C2H10O5Si2.CH6O3Si.CH4.H2/c1-3-5-7-9-11-13-15-17-19-21-23-25-27-28-26-24-22-20-18-16-14-12-10-8-6-4-2;1-26(23-17-20-11-5-2-6-12-20,24-18-21-13-7-3-8-14-21)25-19-22-15-9-4-10-16-22;1-8(3,4)7-9(2,5)6;1-5(2,3)4;;/h1-2H3;2-16H,17-19H2,1H3;3-6H,1-2H3;2-4H,1H3;1H4;1H. The molecule has 0 radical (unpaired) electrons. The minimum atomic E-state index is -3.73. The minimum absolute atomic E-state index is 0. The van der Waals surface area contributed by atoms with Crippen LogP contribution in [-0.2, 0) is 37.2 Å². The highest BCUT2D eigenvalue weighted by molar-refractivity contribution is 6.70. The fourth-order valence-electron chi connectivity index (χ4n) is 3.67. The summed E-state index contributed by atoms with van der Waals surface area (Å²) in [5, 5.41) is 0. The highest BCUT2D eigenvalue weighted by atomic mass is 28.5. The van der Waals surface area contributed by atoms with Crippen LogP contribution >= 0.6 is 0 Å². The van der Waals surface area contributed by atoms with Crippen LogP contribution < -0.4 is 0 Å². The van der Waals surface area contributed by atoms with Crippen LogP contribution in [0, 0.1) is 154 Å². The van der Waals surface area contributed by atoms with Crippen molar-refractivity contribution < 1.29 is 52.4 Å². The summed E-state index contributed by atoms with van der Waals surface area (Å²) in [6.07, 6.45) is 0. The van der Waals surface area contributed by atoms with E-state index in [1.165, 1.54) is 0 Å². The molecule has 0 aliphatic heterocycles. The van der Waals surface area contributed by atoms with Crippen LogP contribution in [0.5, 0.6) is 0 Å². The van der Waals surface area contributed by atoms with Crippen molar-refractivity contribution in [2.75, 3.05) is 0 Å². The predicted molar refractivity (Wildman–Crippen MR) is 278 cm³/mol. The highest BCUT2D eigenvalue weighted by Crippen LogP contribution is 2.18. The summed E-state index contributed by atoms with van der Waals surface area (Å²) >= 11 is 0. The van der Waals surface area contributed by atoms with Crippen molar-refractivity contribution in [1.29, 1.82) is 0 Å². The van der Waals surface area contributed by atoms with Crippen LogP contribution in [0.1, 0.15) is 39.4 Å². The van der Waals surface area contributed by atoms with Gasteiger partial charge in [-0.2, -0.15) is 0 Å². The molecule has 0 amide bonds. The van der Waals surface area contributed by atoms with E-state index in [0.29, 0.717) is 19.8 Å². The molecule has 0 fully saturated rings. The number of hydrogen-bond donors (Lipinski definition) is 7. The first kappa shape index (κ1) is 63.5. The monoisotopic (exact) mass is 988 g/mol. The summed E-state index contributed by atoms with van der Waals surface area (Å²) in [4.78, 5) is 57.5. The van der Waals surface area contributed by atoms with Crippen LogP contribution in [-0.4, -0.2) is 68.8 Å². The lowest BCUT2D eigenvalue weighted by molar-refractivity contribution is 0.0492. The van der Waals surface area contributed by atoms with Gasteiger partial charge >= 0.3 is 35.2 Å². The van der Waals surface area contributed by atoms with E-state index in [2.05, 4.69) is 158 Å². The molecule has 0 bridgehead atoms. The SMILES string of the molecule is C.CC#CC#CC#CC#CC#CC#CC#CC#CC#CC#CC#CC#CC#CC.C[Si](O)(O)O.C[Si](O)(O)O[Si](C)(O)O.C[Si](OCc1ccccc1)(OCc1ccccc1)OCc1ccccc1.[HH]. The van der Waals surface area contributed by atoms with Gasteiger partial charge < -0.3 is 51.0 Å². The second kappa shape index (κ2) is 39.5. The topological polar surface area (TPSA) is 179 Å². The Morgan fingerprint density at radius 1 is 0.348 bits per heavy atom. The van der Waals surface area contributed by atoms with Crippen molar-refractivity contribution in [3.8, 4) is 154 Å². The van der Waals surface area contributed by atoms with Crippen LogP contribution in [0.15, 0.2) is 91.0 Å². The van der Waals surface area contributed by atoms with Crippen molar-refractivity contribution in [1.82, 2.24) is 0 Å². The van der Waals surface area contributed by atoms with E-state index in [9.17, 15) is 0 Å². The van der Waals surface area contributed by atoms with Crippen LogP contribution in [0.4, 0.5) is 0 Å². The van der Waals surface area contributed by atoms with Crippen molar-refractivity contribution >= 4 is 35.2 Å². The zero-order valence-corrected chi connectivity index (χ0v) is 42.0. The molecule has 0 aliphatic rings. The Morgan fingerprint density at radius 2 is 0.522 bits per heavy atom. The van der Waals surface area contributed by atoms with E-state index in [4.69, 9.17) is 46.8 Å². The summed E-state index contributed by atoms with van der Waals surface area (Å²) in [6, 6.07) is 30.3. The van der Waals surface area contributed by atoms with Gasteiger partial charge in [-0.1, -0.05) is 110 Å². The van der Waals surface area contributed by atoms with Crippen LogP contribution in [0.25, 0.3) is 0 Å². The van der Waals surface area contributed by atoms with E-state index in [1.54, 1.807) is 13.8 Å². The molecule has 0 atom stereocenters. The Bertz CT molecular complexity index is 2670. The third kappa shape index (κ3) is 48.1. The molecule has 0 saturated heterocycles. The number of hydrogen-bond acceptors (Lipinski definition) is 11. The number of rotatable bonds is 11. The summed E-state index contributed by atoms with van der Waals surface area (Å²) < 4.78 is 22.6. The lowest BCUT2D eigenvalue weighted by atomic mass is 10.2. The lowest BCUT2D eigenvalue weighted by Gasteiger charge is -2.26. The predicted octanol–water partition coefficient (Wildman–Crippen LogP) is 3.80. The van der Waals surface area contributed by atoms with Crippen LogP contribution in [0.2, 0.25) is 26.2 Å². The van der Waals surface area contributed by atoms with Crippen molar-refractivity contribution in [3.05, 3.63) is 108 Å². The van der Waals surface area contributed by atoms with E-state index < -0.39 is 35.2 Å². The molecule has 11 nitrogen and oxygen atoms in total. The normalized spacial score (nSPS) is 8.59. The molecule has 15 heteroatoms. The van der Waals surface area contributed by atoms with Crippen molar-refractivity contribution in [3.63, 3.8) is 0 Å². The molecular weight excluding hydrogens is 937 g/mol. The molecule has 0 heterocycles. The fourth-order valence-corrected chi connectivity index (χ4v) is 8.14. The molecule has 0 aliphatic carbocycles. The van der Waals surface area contributed by atoms with Gasteiger partial charge in [0.05, 0.1) is 19.8 Å². The van der Waals surface area contributed by atoms with E-state index in [-0.39, 0.29) is 8.85 Å². The molecule has 3 aromatic carbocycles. The average Bonchev–Trinajstić information content (AvgIpc) is 3.28. The minimum Gasteiger partial charge on any atom is -0.390 e. The van der Waals surface area contributed by atoms with Gasteiger partial charge in [0.1, 0.15) is 0 Å². The average molecular weight is 989 g/mol. The van der Waals surface area contributed by atoms with Gasteiger partial charge in [-0.05, 0) is 125 Å². The molecule has 0 spiro atoms. The maximum Gasteiger partial charge on any atom is 0.498 e. The summed E-state index contributed by atoms with van der Waals surface area (Å²) in [6.45, 7) is 9.85. The molecule has 0 aromatic heterocycles. The van der Waals surface area contributed by atoms with Crippen molar-refractivity contribution in [2.24, 2.45) is 0 Å². The van der Waals surface area contributed by atoms with Gasteiger partial charge in [0, 0.05) is 75.0 Å². The first-order valence-corrected chi connectivity index (χ1v) is 28.7. The van der Waals surface area contributed by atoms with Gasteiger partial charge in [-0.25, -0.2) is 0 Å². The Labute approximate surface area is 414 Å². The molecule has 3 aromatic rings. The first-order chi connectivity index (χ1) is 32.4. The Morgan fingerprint density at radius 3 is 0.667 bits per heavy atom. The van der Waals surface area contributed by atoms with E-state index >= 15 is 0 Å². The maximum atomic E-state index is 8.54. The Kier molecular flexibility index (Phi) is 36.3. The molecule has 350 valence electrons. The van der Waals surface area contributed by atoms with E-state index in [0.717, 1.165) is 36.3 Å². The molecule has 69 heavy (non-hydrogen) atoms. The van der Waals surface area contributed by atoms with Gasteiger partial charge in [0.2, 0.25) is 0 Å². The Hall–Kier alpha value is -7.63. The zero-order valence-electron chi connectivity index (χ0n) is 38.0. The van der Waals surface area contributed by atoms with Gasteiger partial charge in [0.15, 0.2) is 0 Å². The van der Waals surface area contributed by atoms with Gasteiger partial charge in [-0.3, -0.25) is 0 Å². The zero-order chi connectivity index (χ0) is 50.7. The third-order valence-corrected chi connectivity index (χ3v) is 11.2. The molecule has 0 saturated carbocycles.